The van der Waals surface area contributed by atoms with Crippen LogP contribution in [0.5, 0.6) is 5.75 Å². The molecule has 1 aliphatic heterocycles. The average molecular weight is 468 g/mol. The Labute approximate surface area is 205 Å². The van der Waals surface area contributed by atoms with Gasteiger partial charge in [-0.15, -0.1) is 0 Å². The molecule has 6 nitrogen and oxygen atoms in total. The highest BCUT2D eigenvalue weighted by Gasteiger charge is 2.42. The molecule has 5 rings (SSSR count). The standard InChI is InChI=1S/C29H29N3O3/c1-19(33)32-25-13-14-30-17-24(25)31-23-15-29(2,3)16-26(34)27(23)28(32)21-9-11-22(12-10-21)35-18-20-7-5-4-6-8-20/h4-14,17,28,31H,15-16,18H2,1-3H3. The number of ether oxygens (including phenoxy) is 1. The maximum atomic E-state index is 13.6. The lowest BCUT2D eigenvalue weighted by molar-refractivity contribution is -0.118. The highest BCUT2D eigenvalue weighted by atomic mass is 16.5. The third-order valence-electron chi connectivity index (χ3n) is 6.58. The second-order valence-corrected chi connectivity index (χ2v) is 9.99. The zero-order chi connectivity index (χ0) is 24.6. The van der Waals surface area contributed by atoms with Crippen molar-refractivity contribution in [3.8, 4) is 5.75 Å². The first kappa shape index (κ1) is 22.8. The number of pyridine rings is 1. The monoisotopic (exact) mass is 467 g/mol. The van der Waals surface area contributed by atoms with Gasteiger partial charge in [-0.05, 0) is 41.2 Å². The van der Waals surface area contributed by atoms with Crippen molar-refractivity contribution in [3.05, 3.63) is 95.5 Å². The number of nitrogens with one attached hydrogen (secondary N) is 1. The van der Waals surface area contributed by atoms with Gasteiger partial charge in [0.05, 0.1) is 23.6 Å². The van der Waals surface area contributed by atoms with Crippen molar-refractivity contribution < 1.29 is 14.3 Å². The fourth-order valence-electron chi connectivity index (χ4n) is 5.04. The molecule has 3 aromatic rings. The summed E-state index contributed by atoms with van der Waals surface area (Å²) in [6, 6.07) is 19.0. The molecule has 2 aliphatic rings. The van der Waals surface area contributed by atoms with Gasteiger partial charge in [-0.3, -0.25) is 19.5 Å². The van der Waals surface area contributed by atoms with Crippen LogP contribution in [-0.4, -0.2) is 16.7 Å². The molecule has 0 radical (unpaired) electrons. The quantitative estimate of drug-likeness (QED) is 0.523. The molecular formula is C29H29N3O3. The predicted molar refractivity (Wildman–Crippen MR) is 136 cm³/mol. The number of aromatic nitrogens is 1. The summed E-state index contributed by atoms with van der Waals surface area (Å²) in [7, 11) is 0. The normalized spacial score (nSPS) is 18.8. The molecule has 6 heteroatoms. The van der Waals surface area contributed by atoms with E-state index in [-0.39, 0.29) is 17.1 Å². The van der Waals surface area contributed by atoms with Crippen LogP contribution in [0.25, 0.3) is 0 Å². The lowest BCUT2D eigenvalue weighted by atomic mass is 9.73. The van der Waals surface area contributed by atoms with Crippen molar-refractivity contribution in [2.75, 3.05) is 10.2 Å². The minimum Gasteiger partial charge on any atom is -0.489 e. The van der Waals surface area contributed by atoms with E-state index in [1.54, 1.807) is 17.3 Å². The summed E-state index contributed by atoms with van der Waals surface area (Å²) in [5.74, 6) is 0.652. The number of fused-ring (bicyclic) bond motifs is 1. The Morgan fingerprint density at radius 1 is 1.09 bits per heavy atom. The summed E-state index contributed by atoms with van der Waals surface area (Å²) in [6.45, 7) is 6.21. The number of nitrogens with zero attached hydrogens (tertiary/aromatic N) is 2. The van der Waals surface area contributed by atoms with Gasteiger partial charge in [-0.2, -0.15) is 0 Å². The number of amides is 1. The van der Waals surface area contributed by atoms with Gasteiger partial charge in [-0.25, -0.2) is 0 Å². The van der Waals surface area contributed by atoms with E-state index in [1.807, 2.05) is 60.7 Å². The van der Waals surface area contributed by atoms with E-state index in [9.17, 15) is 9.59 Å². The zero-order valence-corrected chi connectivity index (χ0v) is 20.2. The molecule has 0 fully saturated rings. The van der Waals surface area contributed by atoms with Crippen LogP contribution in [0, 0.1) is 5.41 Å². The summed E-state index contributed by atoms with van der Waals surface area (Å²) in [6.07, 6.45) is 4.53. The van der Waals surface area contributed by atoms with E-state index in [2.05, 4.69) is 24.1 Å². The summed E-state index contributed by atoms with van der Waals surface area (Å²) in [4.78, 5) is 32.6. The molecule has 178 valence electrons. The number of allylic oxidation sites excluding steroid dienone is 1. The number of hydrogen-bond acceptors (Lipinski definition) is 5. The maximum absolute atomic E-state index is 13.6. The molecule has 1 aromatic heterocycles. The molecule has 0 saturated carbocycles. The third kappa shape index (κ3) is 4.56. The molecule has 1 atom stereocenters. The first-order valence-corrected chi connectivity index (χ1v) is 11.9. The Morgan fingerprint density at radius 3 is 2.54 bits per heavy atom. The van der Waals surface area contributed by atoms with E-state index >= 15 is 0 Å². The molecule has 2 aromatic carbocycles. The highest BCUT2D eigenvalue weighted by Crippen LogP contribution is 2.48. The van der Waals surface area contributed by atoms with Gasteiger partial charge in [0.2, 0.25) is 5.91 Å². The number of carbonyl (C=O) groups excluding carboxylic acids is 2. The smallest absolute Gasteiger partial charge is 0.224 e. The summed E-state index contributed by atoms with van der Waals surface area (Å²) in [5, 5.41) is 3.46. The maximum Gasteiger partial charge on any atom is 0.224 e. The number of ketones is 1. The van der Waals surface area contributed by atoms with Crippen LogP contribution >= 0.6 is 0 Å². The van der Waals surface area contributed by atoms with Crippen molar-refractivity contribution in [2.24, 2.45) is 5.41 Å². The predicted octanol–water partition coefficient (Wildman–Crippen LogP) is 5.82. The molecule has 0 saturated heterocycles. The van der Waals surface area contributed by atoms with Crippen molar-refractivity contribution in [3.63, 3.8) is 0 Å². The van der Waals surface area contributed by atoms with Crippen molar-refractivity contribution in [1.29, 1.82) is 0 Å². The van der Waals surface area contributed by atoms with Crippen molar-refractivity contribution in [1.82, 2.24) is 4.98 Å². The van der Waals surface area contributed by atoms with Gasteiger partial charge in [-0.1, -0.05) is 56.3 Å². The first-order valence-electron chi connectivity index (χ1n) is 11.9. The fourth-order valence-corrected chi connectivity index (χ4v) is 5.04. The molecule has 0 spiro atoms. The van der Waals surface area contributed by atoms with E-state index in [0.29, 0.717) is 30.7 Å². The molecular weight excluding hydrogens is 438 g/mol. The molecule has 2 heterocycles. The Morgan fingerprint density at radius 2 is 1.83 bits per heavy atom. The Hall–Kier alpha value is -3.93. The van der Waals surface area contributed by atoms with E-state index in [0.717, 1.165) is 28.3 Å². The van der Waals surface area contributed by atoms with Gasteiger partial charge >= 0.3 is 0 Å². The van der Waals surface area contributed by atoms with Crippen LogP contribution in [-0.2, 0) is 16.2 Å². The Kier molecular flexibility index (Phi) is 5.89. The minimum absolute atomic E-state index is 0.0603. The van der Waals surface area contributed by atoms with Gasteiger partial charge in [0.25, 0.3) is 0 Å². The molecule has 1 unspecified atom stereocenters. The van der Waals surface area contributed by atoms with Crippen LogP contribution in [0.1, 0.15) is 50.8 Å². The largest absolute Gasteiger partial charge is 0.489 e. The average Bonchev–Trinajstić information content (AvgIpc) is 2.97. The van der Waals surface area contributed by atoms with Crippen molar-refractivity contribution >= 4 is 23.1 Å². The summed E-state index contributed by atoms with van der Waals surface area (Å²) >= 11 is 0. The molecule has 1 aliphatic carbocycles. The van der Waals surface area contributed by atoms with Gasteiger partial charge in [0, 0.05) is 30.8 Å². The van der Waals surface area contributed by atoms with Crippen molar-refractivity contribution in [2.45, 2.75) is 46.3 Å². The topological polar surface area (TPSA) is 71.5 Å². The van der Waals surface area contributed by atoms with Crippen LogP contribution in [0.3, 0.4) is 0 Å². The lowest BCUT2D eigenvalue weighted by Crippen LogP contribution is -2.38. The zero-order valence-electron chi connectivity index (χ0n) is 20.2. The highest BCUT2D eigenvalue weighted by molar-refractivity contribution is 6.05. The number of hydrogen-bond donors (Lipinski definition) is 1. The second kappa shape index (κ2) is 9.02. The van der Waals surface area contributed by atoms with E-state index < -0.39 is 6.04 Å². The minimum atomic E-state index is -0.537. The number of carbonyl (C=O) groups is 2. The van der Waals surface area contributed by atoms with Gasteiger partial charge < -0.3 is 10.1 Å². The SMILES string of the molecule is CC(=O)N1c2ccncc2NC2=C(C(=O)CC(C)(C)C2)C1c1ccc(OCc2ccccc2)cc1. The number of rotatable bonds is 4. The summed E-state index contributed by atoms with van der Waals surface area (Å²) < 4.78 is 5.96. The van der Waals surface area contributed by atoms with Crippen LogP contribution in [0.15, 0.2) is 84.3 Å². The van der Waals surface area contributed by atoms with E-state index in [1.165, 1.54) is 6.92 Å². The van der Waals surface area contributed by atoms with Crippen LogP contribution < -0.4 is 15.0 Å². The third-order valence-corrected chi connectivity index (χ3v) is 6.58. The Bertz CT molecular complexity index is 1300. The Balaban J connectivity index is 1.56. The second-order valence-electron chi connectivity index (χ2n) is 9.99. The molecule has 1 N–H and O–H groups in total. The number of benzene rings is 2. The number of Topliss-reactive ketones (excluding diaryl/α,β-unsaturated/α-hetero) is 1. The van der Waals surface area contributed by atoms with Crippen LogP contribution in [0.4, 0.5) is 11.4 Å². The fraction of sp³-hybridized carbons (Fsp3) is 0.276. The van der Waals surface area contributed by atoms with Gasteiger partial charge in [0.1, 0.15) is 12.4 Å². The van der Waals surface area contributed by atoms with E-state index in [4.69, 9.17) is 4.74 Å². The van der Waals surface area contributed by atoms with Gasteiger partial charge in [0.15, 0.2) is 5.78 Å². The molecule has 1 amide bonds. The number of anilines is 2. The molecule has 35 heavy (non-hydrogen) atoms. The molecule has 0 bridgehead atoms. The first-order chi connectivity index (χ1) is 16.8. The lowest BCUT2D eigenvalue weighted by Gasteiger charge is -2.36. The summed E-state index contributed by atoms with van der Waals surface area (Å²) in [5.41, 5.74) is 4.72. The van der Waals surface area contributed by atoms with Crippen LogP contribution in [0.2, 0.25) is 0 Å².